The highest BCUT2D eigenvalue weighted by Gasteiger charge is 2.29. The molecule has 5 heteroatoms. The van der Waals surface area contributed by atoms with Gasteiger partial charge in [-0.3, -0.25) is 9.59 Å². The average molecular weight is 421 g/mol. The van der Waals surface area contributed by atoms with E-state index in [1.807, 2.05) is 25.1 Å². The molecule has 0 aromatic heterocycles. The molecule has 2 atom stereocenters. The molecule has 4 rings (SSSR count). The van der Waals surface area contributed by atoms with E-state index in [0.29, 0.717) is 23.7 Å². The summed E-state index contributed by atoms with van der Waals surface area (Å²) >= 11 is 5.92. The molecule has 0 radical (unpaired) electrons. The number of hydrogen-bond donors (Lipinski definition) is 1. The molecule has 3 aromatic rings. The number of benzene rings is 3. The first-order chi connectivity index (χ1) is 14.5. The number of hydrogen-bond acceptors (Lipinski definition) is 2. The number of nitrogens with zero attached hydrogens (tertiary/aromatic N) is 1. The van der Waals surface area contributed by atoms with Gasteiger partial charge in [0.05, 0.1) is 12.0 Å². The molecule has 0 bridgehead atoms. The number of amides is 2. The largest absolute Gasteiger partial charge is 0.349 e. The number of halogens is 1. The highest BCUT2D eigenvalue weighted by Crippen LogP contribution is 2.25. The van der Waals surface area contributed by atoms with Crippen LogP contribution in [0.25, 0.3) is 10.8 Å². The fourth-order valence-corrected chi connectivity index (χ4v) is 4.31. The van der Waals surface area contributed by atoms with Crippen molar-refractivity contribution >= 4 is 34.2 Å². The molecule has 0 aliphatic carbocycles. The maximum Gasteiger partial charge on any atom is 0.253 e. The topological polar surface area (TPSA) is 49.4 Å². The van der Waals surface area contributed by atoms with E-state index in [0.717, 1.165) is 29.2 Å². The van der Waals surface area contributed by atoms with Crippen molar-refractivity contribution in [3.05, 3.63) is 82.9 Å². The molecule has 1 N–H and O–H groups in total. The van der Waals surface area contributed by atoms with Crippen LogP contribution in [0.3, 0.4) is 0 Å². The molecule has 2 amide bonds. The van der Waals surface area contributed by atoms with Crippen molar-refractivity contribution in [1.29, 1.82) is 0 Å². The summed E-state index contributed by atoms with van der Waals surface area (Å²) in [4.78, 5) is 27.6. The van der Waals surface area contributed by atoms with Gasteiger partial charge in [0.1, 0.15) is 0 Å². The Balaban J connectivity index is 1.44. The Morgan fingerprint density at radius 3 is 2.57 bits per heavy atom. The molecule has 3 aromatic carbocycles. The predicted molar refractivity (Wildman–Crippen MR) is 121 cm³/mol. The zero-order chi connectivity index (χ0) is 21.1. The molecular weight excluding hydrogens is 396 g/mol. The van der Waals surface area contributed by atoms with Crippen LogP contribution in [0.15, 0.2) is 66.7 Å². The van der Waals surface area contributed by atoms with Crippen molar-refractivity contribution < 1.29 is 9.59 Å². The zero-order valence-electron chi connectivity index (χ0n) is 17.0. The average Bonchev–Trinajstić information content (AvgIpc) is 2.78. The van der Waals surface area contributed by atoms with E-state index in [2.05, 4.69) is 29.6 Å². The van der Waals surface area contributed by atoms with E-state index in [1.54, 1.807) is 29.2 Å². The van der Waals surface area contributed by atoms with Crippen LogP contribution in [0.5, 0.6) is 0 Å². The van der Waals surface area contributed by atoms with Gasteiger partial charge in [-0.25, -0.2) is 0 Å². The number of carbonyl (C=O) groups excluding carboxylic acids is 2. The third-order valence-electron chi connectivity index (χ3n) is 5.82. The van der Waals surface area contributed by atoms with Gasteiger partial charge in [-0.2, -0.15) is 0 Å². The Morgan fingerprint density at radius 2 is 1.77 bits per heavy atom. The standard InChI is InChI=1S/C25H25ClN2O2/c1-17(22-10-4-7-18-6-2-3-9-23(18)22)27-24(29)20-8-5-15-28(16-20)25(30)19-11-13-21(26)14-12-19/h2-4,6-7,9-14,17,20H,5,8,15-16H2,1H3,(H,27,29). The summed E-state index contributed by atoms with van der Waals surface area (Å²) in [5.74, 6) is -0.247. The minimum Gasteiger partial charge on any atom is -0.349 e. The number of rotatable bonds is 4. The lowest BCUT2D eigenvalue weighted by Crippen LogP contribution is -2.45. The summed E-state index contributed by atoms with van der Waals surface area (Å²) in [6, 6.07) is 21.1. The minimum atomic E-state index is -0.201. The van der Waals surface area contributed by atoms with Crippen LogP contribution in [0, 0.1) is 5.92 Å². The summed E-state index contributed by atoms with van der Waals surface area (Å²) < 4.78 is 0. The molecule has 1 aliphatic rings. The van der Waals surface area contributed by atoms with E-state index in [9.17, 15) is 9.59 Å². The molecule has 0 spiro atoms. The van der Waals surface area contributed by atoms with Crippen molar-refractivity contribution in [2.45, 2.75) is 25.8 Å². The summed E-state index contributed by atoms with van der Waals surface area (Å²) in [7, 11) is 0. The van der Waals surface area contributed by atoms with Crippen LogP contribution >= 0.6 is 11.6 Å². The second-order valence-electron chi connectivity index (χ2n) is 7.90. The second kappa shape index (κ2) is 8.88. The highest BCUT2D eigenvalue weighted by atomic mass is 35.5. The van der Waals surface area contributed by atoms with Crippen LogP contribution in [-0.2, 0) is 4.79 Å². The van der Waals surface area contributed by atoms with E-state index >= 15 is 0 Å². The molecule has 30 heavy (non-hydrogen) atoms. The fourth-order valence-electron chi connectivity index (χ4n) is 4.19. The minimum absolute atomic E-state index is 0.00374. The lowest BCUT2D eigenvalue weighted by atomic mass is 9.95. The Hall–Kier alpha value is -2.85. The summed E-state index contributed by atoms with van der Waals surface area (Å²) in [5.41, 5.74) is 1.70. The molecule has 1 aliphatic heterocycles. The number of piperidine rings is 1. The van der Waals surface area contributed by atoms with E-state index < -0.39 is 0 Å². The van der Waals surface area contributed by atoms with Crippen molar-refractivity contribution in [3.8, 4) is 0 Å². The number of nitrogens with one attached hydrogen (secondary N) is 1. The first kappa shape index (κ1) is 20.4. The first-order valence-corrected chi connectivity index (χ1v) is 10.7. The highest BCUT2D eigenvalue weighted by molar-refractivity contribution is 6.30. The third kappa shape index (κ3) is 4.34. The quantitative estimate of drug-likeness (QED) is 0.628. The first-order valence-electron chi connectivity index (χ1n) is 10.4. The Kier molecular flexibility index (Phi) is 6.05. The van der Waals surface area contributed by atoms with Crippen molar-refractivity contribution in [3.63, 3.8) is 0 Å². The van der Waals surface area contributed by atoms with Gasteiger partial charge in [-0.15, -0.1) is 0 Å². The predicted octanol–water partition coefficient (Wildman–Crippen LogP) is 5.22. The number of carbonyl (C=O) groups is 2. The normalized spacial score (nSPS) is 17.5. The van der Waals surface area contributed by atoms with Gasteiger partial charge in [0.15, 0.2) is 0 Å². The van der Waals surface area contributed by atoms with Crippen LogP contribution in [-0.4, -0.2) is 29.8 Å². The van der Waals surface area contributed by atoms with Gasteiger partial charge in [-0.05, 0) is 60.4 Å². The zero-order valence-corrected chi connectivity index (χ0v) is 17.7. The van der Waals surface area contributed by atoms with Gasteiger partial charge >= 0.3 is 0 Å². The van der Waals surface area contributed by atoms with Gasteiger partial charge in [0, 0.05) is 23.7 Å². The molecule has 2 unspecified atom stereocenters. The smallest absolute Gasteiger partial charge is 0.253 e. The molecule has 1 saturated heterocycles. The fraction of sp³-hybridized carbons (Fsp3) is 0.280. The maximum absolute atomic E-state index is 13.0. The third-order valence-corrected chi connectivity index (χ3v) is 6.07. The van der Waals surface area contributed by atoms with Crippen molar-refractivity contribution in [2.75, 3.05) is 13.1 Å². The van der Waals surface area contributed by atoms with E-state index in [1.165, 1.54) is 0 Å². The van der Waals surface area contributed by atoms with Crippen LogP contribution in [0.1, 0.15) is 41.7 Å². The number of fused-ring (bicyclic) bond motifs is 1. The van der Waals surface area contributed by atoms with E-state index in [4.69, 9.17) is 11.6 Å². The molecule has 1 fully saturated rings. The van der Waals surface area contributed by atoms with Crippen molar-refractivity contribution in [2.24, 2.45) is 5.92 Å². The van der Waals surface area contributed by atoms with Gasteiger partial charge < -0.3 is 10.2 Å². The molecular formula is C25H25ClN2O2. The summed E-state index contributed by atoms with van der Waals surface area (Å²) in [5, 5.41) is 6.08. The van der Waals surface area contributed by atoms with Crippen LogP contribution in [0.2, 0.25) is 5.02 Å². The van der Waals surface area contributed by atoms with Crippen molar-refractivity contribution in [1.82, 2.24) is 10.2 Å². The Bertz CT molecular complexity index is 1060. The van der Waals surface area contributed by atoms with E-state index in [-0.39, 0.29) is 23.8 Å². The maximum atomic E-state index is 13.0. The lowest BCUT2D eigenvalue weighted by Gasteiger charge is -2.33. The van der Waals surface area contributed by atoms with Gasteiger partial charge in [0.2, 0.25) is 5.91 Å². The molecule has 1 heterocycles. The molecule has 4 nitrogen and oxygen atoms in total. The summed E-state index contributed by atoms with van der Waals surface area (Å²) in [6.07, 6.45) is 1.61. The molecule has 154 valence electrons. The van der Waals surface area contributed by atoms with Crippen LogP contribution in [0.4, 0.5) is 0 Å². The Labute approximate surface area is 181 Å². The summed E-state index contributed by atoms with van der Waals surface area (Å²) in [6.45, 7) is 3.12. The number of likely N-dealkylation sites (tertiary alicyclic amines) is 1. The monoisotopic (exact) mass is 420 g/mol. The van der Waals surface area contributed by atoms with Gasteiger partial charge in [0.25, 0.3) is 5.91 Å². The lowest BCUT2D eigenvalue weighted by molar-refractivity contribution is -0.127. The second-order valence-corrected chi connectivity index (χ2v) is 8.33. The van der Waals surface area contributed by atoms with Crippen LogP contribution < -0.4 is 5.32 Å². The molecule has 0 saturated carbocycles. The van der Waals surface area contributed by atoms with Gasteiger partial charge in [-0.1, -0.05) is 54.1 Å². The SMILES string of the molecule is CC(NC(=O)C1CCCN(C(=O)c2ccc(Cl)cc2)C1)c1cccc2ccccc12. The Morgan fingerprint density at radius 1 is 1.03 bits per heavy atom.